The Bertz CT molecular complexity index is 572. The number of carbonyl (C=O) groups is 2. The molecule has 1 aromatic carbocycles. The summed E-state index contributed by atoms with van der Waals surface area (Å²) < 4.78 is 0. The summed E-state index contributed by atoms with van der Waals surface area (Å²) in [5.41, 5.74) is 1.40. The molecule has 7 heteroatoms. The van der Waals surface area contributed by atoms with Crippen LogP contribution in [0.4, 0.5) is 0 Å². The molecule has 0 spiro atoms. The van der Waals surface area contributed by atoms with Crippen LogP contribution in [0.25, 0.3) is 0 Å². The molecular formula is C14H15ClN2O3S. The Kier molecular flexibility index (Phi) is 7.06. The number of carbonyl (C=O) groups excluding carboxylic acids is 1. The number of benzene rings is 1. The SMILES string of the molecule is CC(=O)NC(CCSCc1ccc(C#N)cc1Cl)C(=O)O. The van der Waals surface area contributed by atoms with Crippen LogP contribution >= 0.6 is 23.4 Å². The van der Waals surface area contributed by atoms with E-state index in [0.717, 1.165) is 5.56 Å². The number of hydrogen-bond donors (Lipinski definition) is 2. The van der Waals surface area contributed by atoms with E-state index in [2.05, 4.69) is 5.32 Å². The van der Waals surface area contributed by atoms with E-state index in [4.69, 9.17) is 22.0 Å². The van der Waals surface area contributed by atoms with E-state index in [9.17, 15) is 9.59 Å². The van der Waals surface area contributed by atoms with Gasteiger partial charge in [-0.1, -0.05) is 17.7 Å². The number of nitrogens with zero attached hydrogens (tertiary/aromatic N) is 1. The first kappa shape index (κ1) is 17.3. The Balaban J connectivity index is 2.45. The summed E-state index contributed by atoms with van der Waals surface area (Å²) in [6.07, 6.45) is 0.341. The van der Waals surface area contributed by atoms with Gasteiger partial charge in [0.1, 0.15) is 6.04 Å². The molecule has 0 bridgehead atoms. The number of nitriles is 1. The number of nitrogens with one attached hydrogen (secondary N) is 1. The molecule has 0 aromatic heterocycles. The zero-order chi connectivity index (χ0) is 15.8. The Morgan fingerprint density at radius 1 is 1.52 bits per heavy atom. The largest absolute Gasteiger partial charge is 0.480 e. The lowest BCUT2D eigenvalue weighted by atomic mass is 10.2. The molecule has 0 aliphatic rings. The van der Waals surface area contributed by atoms with Crippen molar-refractivity contribution in [1.29, 1.82) is 5.26 Å². The molecule has 5 nitrogen and oxygen atoms in total. The van der Waals surface area contributed by atoms with Crippen LogP contribution in [-0.2, 0) is 15.3 Å². The molecule has 1 atom stereocenters. The van der Waals surface area contributed by atoms with Gasteiger partial charge in [0, 0.05) is 17.7 Å². The Labute approximate surface area is 132 Å². The monoisotopic (exact) mass is 326 g/mol. The Hall–Kier alpha value is -1.71. The van der Waals surface area contributed by atoms with E-state index in [0.29, 0.717) is 28.5 Å². The molecular weight excluding hydrogens is 312 g/mol. The van der Waals surface area contributed by atoms with Gasteiger partial charge in [0.2, 0.25) is 5.91 Å². The van der Waals surface area contributed by atoms with Crippen LogP contribution in [0.15, 0.2) is 18.2 Å². The van der Waals surface area contributed by atoms with Gasteiger partial charge in [-0.3, -0.25) is 4.79 Å². The normalized spacial score (nSPS) is 11.5. The van der Waals surface area contributed by atoms with Crippen molar-refractivity contribution < 1.29 is 14.7 Å². The number of hydrogen-bond acceptors (Lipinski definition) is 4. The molecule has 0 fully saturated rings. The predicted molar refractivity (Wildman–Crippen MR) is 82.2 cm³/mol. The maximum absolute atomic E-state index is 10.9. The number of carboxylic acid groups (broad SMARTS) is 1. The number of carboxylic acids is 1. The molecule has 0 saturated carbocycles. The van der Waals surface area contributed by atoms with E-state index < -0.39 is 12.0 Å². The van der Waals surface area contributed by atoms with Crippen molar-refractivity contribution in [1.82, 2.24) is 5.32 Å². The quantitative estimate of drug-likeness (QED) is 0.751. The summed E-state index contributed by atoms with van der Waals surface area (Å²) in [4.78, 5) is 21.8. The summed E-state index contributed by atoms with van der Waals surface area (Å²) in [5, 5.41) is 20.6. The second-order valence-electron chi connectivity index (χ2n) is 4.35. The third kappa shape index (κ3) is 6.06. The maximum Gasteiger partial charge on any atom is 0.326 e. The Morgan fingerprint density at radius 2 is 2.24 bits per heavy atom. The summed E-state index contributed by atoms with van der Waals surface area (Å²) in [6, 6.07) is 6.23. The van der Waals surface area contributed by atoms with Gasteiger partial charge >= 0.3 is 5.97 Å². The highest BCUT2D eigenvalue weighted by Gasteiger charge is 2.17. The van der Waals surface area contributed by atoms with Crippen molar-refractivity contribution in [2.75, 3.05) is 5.75 Å². The lowest BCUT2D eigenvalue weighted by Crippen LogP contribution is -2.39. The van der Waals surface area contributed by atoms with Crippen LogP contribution in [0.3, 0.4) is 0 Å². The number of aliphatic carboxylic acids is 1. The third-order valence-electron chi connectivity index (χ3n) is 2.67. The summed E-state index contributed by atoms with van der Waals surface area (Å²) in [5.74, 6) is -0.199. The van der Waals surface area contributed by atoms with Gasteiger partial charge in [0.25, 0.3) is 0 Å². The van der Waals surface area contributed by atoms with E-state index in [1.807, 2.05) is 6.07 Å². The van der Waals surface area contributed by atoms with Gasteiger partial charge in [-0.05, 0) is 29.9 Å². The molecule has 0 radical (unpaired) electrons. The van der Waals surface area contributed by atoms with Gasteiger partial charge in [0.05, 0.1) is 11.6 Å². The van der Waals surface area contributed by atoms with Crippen molar-refractivity contribution in [2.45, 2.75) is 25.1 Å². The zero-order valence-corrected chi connectivity index (χ0v) is 13.0. The highest BCUT2D eigenvalue weighted by Crippen LogP contribution is 2.23. The van der Waals surface area contributed by atoms with Crippen LogP contribution in [0.2, 0.25) is 5.02 Å². The molecule has 0 aliphatic heterocycles. The fourth-order valence-electron chi connectivity index (χ4n) is 1.62. The smallest absolute Gasteiger partial charge is 0.326 e. The minimum absolute atomic E-state index is 0.341. The van der Waals surface area contributed by atoms with Gasteiger partial charge in [-0.2, -0.15) is 17.0 Å². The average molecular weight is 327 g/mol. The molecule has 21 heavy (non-hydrogen) atoms. The summed E-state index contributed by atoms with van der Waals surface area (Å²) >= 11 is 7.58. The summed E-state index contributed by atoms with van der Waals surface area (Å²) in [7, 11) is 0. The fraction of sp³-hybridized carbons (Fsp3) is 0.357. The van der Waals surface area contributed by atoms with Crippen LogP contribution in [0.5, 0.6) is 0 Å². The minimum atomic E-state index is -1.04. The van der Waals surface area contributed by atoms with E-state index >= 15 is 0 Å². The van der Waals surface area contributed by atoms with Crippen molar-refractivity contribution in [2.24, 2.45) is 0 Å². The highest BCUT2D eigenvalue weighted by molar-refractivity contribution is 7.98. The third-order valence-corrected chi connectivity index (χ3v) is 4.06. The fourth-order valence-corrected chi connectivity index (χ4v) is 2.96. The molecule has 1 aromatic rings. The van der Waals surface area contributed by atoms with E-state index in [1.54, 1.807) is 18.2 Å². The standard InChI is InChI=1S/C14H15ClN2O3S/c1-9(18)17-13(14(19)20)4-5-21-8-11-3-2-10(7-16)6-12(11)15/h2-3,6,13H,4-5,8H2,1H3,(H,17,18)(H,19,20). The molecule has 0 heterocycles. The van der Waals surface area contributed by atoms with Crippen molar-refractivity contribution >= 4 is 35.2 Å². The molecule has 0 saturated heterocycles. The van der Waals surface area contributed by atoms with Gasteiger partial charge in [-0.15, -0.1) is 0 Å². The molecule has 1 unspecified atom stereocenters. The Morgan fingerprint density at radius 3 is 2.76 bits per heavy atom. The second-order valence-corrected chi connectivity index (χ2v) is 5.86. The number of rotatable bonds is 7. The predicted octanol–water partition coefficient (Wildman–Crippen LogP) is 2.42. The van der Waals surface area contributed by atoms with Crippen molar-refractivity contribution in [3.8, 4) is 6.07 Å². The molecule has 1 amide bonds. The minimum Gasteiger partial charge on any atom is -0.480 e. The van der Waals surface area contributed by atoms with Gasteiger partial charge in [-0.25, -0.2) is 4.79 Å². The molecule has 112 valence electrons. The first-order chi connectivity index (χ1) is 9.93. The van der Waals surface area contributed by atoms with Gasteiger partial charge < -0.3 is 10.4 Å². The van der Waals surface area contributed by atoms with Crippen molar-refractivity contribution in [3.63, 3.8) is 0 Å². The van der Waals surface area contributed by atoms with Crippen LogP contribution in [0, 0.1) is 11.3 Å². The maximum atomic E-state index is 10.9. The van der Waals surface area contributed by atoms with Crippen LogP contribution in [0.1, 0.15) is 24.5 Å². The van der Waals surface area contributed by atoms with Crippen LogP contribution < -0.4 is 5.32 Å². The lowest BCUT2D eigenvalue weighted by Gasteiger charge is -2.12. The summed E-state index contributed by atoms with van der Waals surface area (Å²) in [6.45, 7) is 1.29. The molecule has 1 rings (SSSR count). The number of thioether (sulfide) groups is 1. The van der Waals surface area contributed by atoms with E-state index in [1.165, 1.54) is 18.7 Å². The topological polar surface area (TPSA) is 90.2 Å². The number of amides is 1. The first-order valence-corrected chi connectivity index (χ1v) is 7.73. The zero-order valence-electron chi connectivity index (χ0n) is 11.4. The van der Waals surface area contributed by atoms with Crippen molar-refractivity contribution in [3.05, 3.63) is 34.3 Å². The van der Waals surface area contributed by atoms with Gasteiger partial charge in [0.15, 0.2) is 0 Å². The first-order valence-electron chi connectivity index (χ1n) is 6.20. The highest BCUT2D eigenvalue weighted by atomic mass is 35.5. The van der Waals surface area contributed by atoms with E-state index in [-0.39, 0.29) is 5.91 Å². The molecule has 2 N–H and O–H groups in total. The van der Waals surface area contributed by atoms with Crippen LogP contribution in [-0.4, -0.2) is 28.8 Å². The second kappa shape index (κ2) is 8.55. The lowest BCUT2D eigenvalue weighted by molar-refractivity contribution is -0.141. The molecule has 0 aliphatic carbocycles. The number of halogens is 1. The average Bonchev–Trinajstić information content (AvgIpc) is 2.42.